The van der Waals surface area contributed by atoms with E-state index in [2.05, 4.69) is 51.6 Å². The topological polar surface area (TPSA) is 52.6 Å². The number of rotatable bonds is 8. The van der Waals surface area contributed by atoms with Gasteiger partial charge in [0.25, 0.3) is 0 Å². The van der Waals surface area contributed by atoms with Gasteiger partial charge in [0.2, 0.25) is 0 Å². The number of hydrogen-bond donors (Lipinski definition) is 0. The highest BCUT2D eigenvalue weighted by Gasteiger charge is 2.62. The van der Waals surface area contributed by atoms with Gasteiger partial charge in [0.1, 0.15) is 11.4 Å². The Balaban J connectivity index is 0.000000392. The fraction of sp³-hybridized carbons (Fsp3) is 0.737. The molecule has 0 aromatic heterocycles. The van der Waals surface area contributed by atoms with Crippen molar-refractivity contribution in [2.45, 2.75) is 124 Å². The maximum absolute atomic E-state index is 13.5. The number of esters is 1. The molecule has 0 spiro atoms. The molecule has 0 bridgehead atoms. The van der Waals surface area contributed by atoms with E-state index >= 15 is 0 Å². The van der Waals surface area contributed by atoms with Crippen LogP contribution in [-0.2, 0) is 25.7 Å². The van der Waals surface area contributed by atoms with Gasteiger partial charge < -0.3 is 9.47 Å². The number of benzene rings is 1. The molecule has 4 saturated carbocycles. The van der Waals surface area contributed by atoms with Crippen LogP contribution < -0.4 is 0 Å². The van der Waals surface area contributed by atoms with E-state index in [1.807, 2.05) is 26.8 Å². The number of hydrogen-bond acceptors (Lipinski definition) is 4. The summed E-state index contributed by atoms with van der Waals surface area (Å²) in [5.41, 5.74) is 1.64. The molecule has 4 aliphatic carbocycles. The Bertz CT molecular complexity index is 1060. The van der Waals surface area contributed by atoms with Crippen LogP contribution in [0.4, 0.5) is 0 Å². The quantitative estimate of drug-likeness (QED) is 0.175. The van der Waals surface area contributed by atoms with Crippen molar-refractivity contribution < 1.29 is 19.1 Å². The maximum Gasteiger partial charge on any atom is 0.330 e. The average molecular weight is 579 g/mol. The van der Waals surface area contributed by atoms with E-state index in [-0.39, 0.29) is 17.3 Å². The van der Waals surface area contributed by atoms with E-state index in [9.17, 15) is 9.59 Å². The molecule has 1 aromatic carbocycles. The third-order valence-electron chi connectivity index (χ3n) is 11.7. The summed E-state index contributed by atoms with van der Waals surface area (Å²) in [6.45, 7) is 17.7. The molecule has 0 heterocycles. The van der Waals surface area contributed by atoms with Crippen LogP contribution in [0.3, 0.4) is 0 Å². The van der Waals surface area contributed by atoms with Gasteiger partial charge in [-0.3, -0.25) is 4.79 Å². The molecule has 1 aromatic rings. The molecule has 4 fully saturated rings. The highest BCUT2D eigenvalue weighted by molar-refractivity contribution is 5.85. The zero-order chi connectivity index (χ0) is 30.5. The molecular formula is C38H58O4. The van der Waals surface area contributed by atoms with Crippen LogP contribution in [0.5, 0.6) is 0 Å². The first-order chi connectivity index (χ1) is 19.9. The van der Waals surface area contributed by atoms with Crippen molar-refractivity contribution in [2.24, 2.45) is 46.3 Å². The molecule has 0 saturated heterocycles. The molecule has 0 amide bonds. The normalized spacial score (nSPS) is 34.6. The molecule has 234 valence electrons. The van der Waals surface area contributed by atoms with E-state index in [0.29, 0.717) is 29.6 Å². The van der Waals surface area contributed by atoms with Crippen LogP contribution >= 0.6 is 0 Å². The first kappa shape index (κ1) is 33.0. The van der Waals surface area contributed by atoms with Crippen molar-refractivity contribution in [1.82, 2.24) is 0 Å². The highest BCUT2D eigenvalue weighted by Crippen LogP contribution is 2.67. The Kier molecular flexibility index (Phi) is 10.8. The Hall–Kier alpha value is -1.94. The molecule has 0 aliphatic heterocycles. The second-order valence-corrected chi connectivity index (χ2v) is 15.5. The molecule has 8 atom stereocenters. The summed E-state index contributed by atoms with van der Waals surface area (Å²) in [7, 11) is 0. The van der Waals surface area contributed by atoms with Gasteiger partial charge in [-0.05, 0) is 118 Å². The summed E-state index contributed by atoms with van der Waals surface area (Å²) in [6, 6.07) is 10.4. The van der Waals surface area contributed by atoms with Crippen LogP contribution in [-0.4, -0.2) is 24.0 Å². The molecule has 5 rings (SSSR count). The van der Waals surface area contributed by atoms with Crippen molar-refractivity contribution in [1.29, 1.82) is 0 Å². The first-order valence-corrected chi connectivity index (χ1v) is 16.9. The molecule has 42 heavy (non-hydrogen) atoms. The standard InChI is InChI=1S/C31H46O2.C7H12O2/c1-22(10-9-19-33-21-23-11-5-4-6-12-23)29-28(32)20-27-25-15-14-24-13-7-8-17-30(24,2)26(25)16-18-31(27,29)3;1-5-6(8)9-7(2,3)4/h4-6,11-12,22,24-27,29H,7-10,13-21H2,1-3H3;5H,1H2,2-4H3/t22-,24?,25-,26+,27+,29+,30+,31+;/m1./s1. The number of Topliss-reactive ketones (excluding diaryl/α,β-unsaturated/α-hetero) is 1. The van der Waals surface area contributed by atoms with Gasteiger partial charge in [-0.25, -0.2) is 4.79 Å². The van der Waals surface area contributed by atoms with E-state index in [4.69, 9.17) is 9.47 Å². The smallest absolute Gasteiger partial charge is 0.330 e. The third kappa shape index (κ3) is 7.40. The Morgan fingerprint density at radius 1 is 1.02 bits per heavy atom. The second kappa shape index (κ2) is 13.8. The van der Waals surface area contributed by atoms with Gasteiger partial charge in [-0.2, -0.15) is 0 Å². The number of ether oxygens (including phenoxy) is 2. The van der Waals surface area contributed by atoms with Crippen LogP contribution in [0.1, 0.15) is 118 Å². The Morgan fingerprint density at radius 3 is 2.43 bits per heavy atom. The van der Waals surface area contributed by atoms with Crippen LogP contribution in [0, 0.1) is 46.3 Å². The predicted molar refractivity (Wildman–Crippen MR) is 171 cm³/mol. The first-order valence-electron chi connectivity index (χ1n) is 16.9. The Labute approximate surface area is 256 Å². The fourth-order valence-electron chi connectivity index (χ4n) is 9.87. The van der Waals surface area contributed by atoms with E-state index in [0.717, 1.165) is 49.7 Å². The van der Waals surface area contributed by atoms with Gasteiger partial charge >= 0.3 is 5.97 Å². The van der Waals surface area contributed by atoms with Crippen molar-refractivity contribution in [2.75, 3.05) is 6.61 Å². The monoisotopic (exact) mass is 578 g/mol. The van der Waals surface area contributed by atoms with Gasteiger partial charge in [0, 0.05) is 25.0 Å². The van der Waals surface area contributed by atoms with E-state index in [1.54, 1.807) is 0 Å². The highest BCUT2D eigenvalue weighted by atomic mass is 16.6. The summed E-state index contributed by atoms with van der Waals surface area (Å²) in [4.78, 5) is 24.0. The van der Waals surface area contributed by atoms with Crippen molar-refractivity contribution in [3.8, 4) is 0 Å². The minimum Gasteiger partial charge on any atom is -0.457 e. The summed E-state index contributed by atoms with van der Waals surface area (Å²) in [5.74, 6) is 4.26. The minimum absolute atomic E-state index is 0.237. The maximum atomic E-state index is 13.5. The molecule has 0 radical (unpaired) electrons. The molecular weight excluding hydrogens is 520 g/mol. The van der Waals surface area contributed by atoms with Crippen molar-refractivity contribution >= 4 is 11.8 Å². The summed E-state index contributed by atoms with van der Waals surface area (Å²) >= 11 is 0. The SMILES string of the molecule is C=CC(=O)OC(C)(C)C.C[C@H](CCCOCc1ccccc1)[C@H]1C(=O)C[C@H]2[C@@H]3CCC4CCCC[C@]4(C)[C@H]3CC[C@]12C. The van der Waals surface area contributed by atoms with Gasteiger partial charge in [-0.1, -0.05) is 70.5 Å². The summed E-state index contributed by atoms with van der Waals surface area (Å²) < 4.78 is 10.8. The van der Waals surface area contributed by atoms with Crippen LogP contribution in [0.25, 0.3) is 0 Å². The second-order valence-electron chi connectivity index (χ2n) is 15.5. The predicted octanol–water partition coefficient (Wildman–Crippen LogP) is 9.36. The Morgan fingerprint density at radius 2 is 1.76 bits per heavy atom. The van der Waals surface area contributed by atoms with Gasteiger partial charge in [0.05, 0.1) is 6.61 Å². The lowest BCUT2D eigenvalue weighted by molar-refractivity contribution is -0.148. The lowest BCUT2D eigenvalue weighted by Gasteiger charge is -2.60. The molecule has 4 aliphatic rings. The number of carbonyl (C=O) groups is 2. The number of ketones is 1. The van der Waals surface area contributed by atoms with Crippen molar-refractivity contribution in [3.63, 3.8) is 0 Å². The fourth-order valence-corrected chi connectivity index (χ4v) is 9.87. The largest absolute Gasteiger partial charge is 0.457 e. The lowest BCUT2D eigenvalue weighted by atomic mass is 9.44. The van der Waals surface area contributed by atoms with Crippen LogP contribution in [0.15, 0.2) is 43.0 Å². The molecule has 1 unspecified atom stereocenters. The van der Waals surface area contributed by atoms with Crippen molar-refractivity contribution in [3.05, 3.63) is 48.6 Å². The molecule has 4 nitrogen and oxygen atoms in total. The van der Waals surface area contributed by atoms with Gasteiger partial charge in [-0.15, -0.1) is 0 Å². The number of carbonyl (C=O) groups excluding carboxylic acids is 2. The van der Waals surface area contributed by atoms with Gasteiger partial charge in [0.15, 0.2) is 0 Å². The molecule has 4 heteroatoms. The van der Waals surface area contributed by atoms with E-state index in [1.165, 1.54) is 56.9 Å². The average Bonchev–Trinajstić information content (AvgIpc) is 3.22. The number of fused-ring (bicyclic) bond motifs is 5. The summed E-state index contributed by atoms with van der Waals surface area (Å²) in [6.07, 6.45) is 15.5. The third-order valence-corrected chi connectivity index (χ3v) is 11.7. The molecule has 0 N–H and O–H groups in total. The summed E-state index contributed by atoms with van der Waals surface area (Å²) in [5, 5.41) is 0. The minimum atomic E-state index is -0.398. The van der Waals surface area contributed by atoms with E-state index < -0.39 is 5.60 Å². The zero-order valence-corrected chi connectivity index (χ0v) is 27.5. The van der Waals surface area contributed by atoms with Crippen LogP contribution in [0.2, 0.25) is 0 Å². The zero-order valence-electron chi connectivity index (χ0n) is 27.5. The lowest BCUT2D eigenvalue weighted by Crippen LogP contribution is -2.53.